The first-order valence-corrected chi connectivity index (χ1v) is 4.13. The Kier molecular flexibility index (Phi) is 2.94. The van der Waals surface area contributed by atoms with Crippen molar-refractivity contribution in [2.24, 2.45) is 5.92 Å². The second-order valence-corrected chi connectivity index (χ2v) is 3.14. The fraction of sp³-hybridized carbons (Fsp3) is 0.778. The van der Waals surface area contributed by atoms with Crippen LogP contribution in [-0.2, 0) is 0 Å². The minimum Gasteiger partial charge on any atom is -0.393 e. The molecule has 0 unspecified atom stereocenters. The van der Waals surface area contributed by atoms with Crippen LogP contribution in [0, 0.1) is 5.92 Å². The Bertz CT molecular complexity index is 109. The predicted octanol–water partition coefficient (Wildman–Crippen LogP) is 2.11. The molecule has 1 fully saturated rings. The first kappa shape index (κ1) is 7.80. The number of aliphatic hydroxyl groups is 1. The van der Waals surface area contributed by atoms with Crippen molar-refractivity contribution in [1.82, 2.24) is 0 Å². The lowest BCUT2D eigenvalue weighted by atomic mass is 9.84. The molecule has 0 aromatic heterocycles. The van der Waals surface area contributed by atoms with Gasteiger partial charge in [0.2, 0.25) is 0 Å². The van der Waals surface area contributed by atoms with Gasteiger partial charge < -0.3 is 5.11 Å². The molecule has 0 bridgehead atoms. The highest BCUT2D eigenvalue weighted by Crippen LogP contribution is 2.26. The summed E-state index contributed by atoms with van der Waals surface area (Å²) in [4.78, 5) is 0. The summed E-state index contributed by atoms with van der Waals surface area (Å²) in [5.41, 5.74) is 0. The second kappa shape index (κ2) is 3.77. The molecular weight excluding hydrogens is 124 g/mol. The van der Waals surface area contributed by atoms with Gasteiger partial charge in [0.25, 0.3) is 0 Å². The molecule has 0 spiro atoms. The molecule has 1 rings (SSSR count). The summed E-state index contributed by atoms with van der Waals surface area (Å²) in [6.07, 6.45) is 7.53. The molecule has 0 aliphatic heterocycles. The number of aliphatic hydroxyl groups excluding tert-OH is 1. The van der Waals surface area contributed by atoms with Gasteiger partial charge in [-0.2, -0.15) is 0 Å². The van der Waals surface area contributed by atoms with Crippen LogP contribution in [0.25, 0.3) is 0 Å². The van der Waals surface area contributed by atoms with Crippen molar-refractivity contribution in [3.8, 4) is 0 Å². The fourth-order valence-electron chi connectivity index (χ4n) is 1.68. The molecule has 0 saturated heterocycles. The summed E-state index contributed by atoms with van der Waals surface area (Å²) in [6.45, 7) is 3.68. The van der Waals surface area contributed by atoms with Crippen LogP contribution in [0.1, 0.15) is 32.1 Å². The molecule has 1 saturated carbocycles. The van der Waals surface area contributed by atoms with Crippen LogP contribution in [-0.4, -0.2) is 11.2 Å². The van der Waals surface area contributed by atoms with E-state index in [4.69, 9.17) is 0 Å². The molecular formula is C9H16O. The highest BCUT2D eigenvalue weighted by Gasteiger charge is 2.20. The summed E-state index contributed by atoms with van der Waals surface area (Å²) in [7, 11) is 0. The largest absolute Gasteiger partial charge is 0.393 e. The normalized spacial score (nSPS) is 33.7. The van der Waals surface area contributed by atoms with Gasteiger partial charge in [-0.15, -0.1) is 6.58 Å². The van der Waals surface area contributed by atoms with Crippen LogP contribution in [0.3, 0.4) is 0 Å². The van der Waals surface area contributed by atoms with E-state index >= 15 is 0 Å². The third-order valence-corrected chi connectivity index (χ3v) is 2.34. The van der Waals surface area contributed by atoms with Crippen LogP contribution >= 0.6 is 0 Å². The third kappa shape index (κ3) is 1.84. The zero-order chi connectivity index (χ0) is 7.40. The lowest BCUT2D eigenvalue weighted by molar-refractivity contribution is 0.0714. The number of hydrogen-bond donors (Lipinski definition) is 1. The smallest absolute Gasteiger partial charge is 0.0571 e. The van der Waals surface area contributed by atoms with E-state index in [-0.39, 0.29) is 6.10 Å². The van der Waals surface area contributed by atoms with Gasteiger partial charge in [0.05, 0.1) is 6.10 Å². The minimum atomic E-state index is -0.0493. The Morgan fingerprint density at radius 3 is 2.70 bits per heavy atom. The summed E-state index contributed by atoms with van der Waals surface area (Å²) in [5.74, 6) is 0.506. The molecule has 1 N–H and O–H groups in total. The van der Waals surface area contributed by atoms with Gasteiger partial charge in [-0.05, 0) is 25.2 Å². The van der Waals surface area contributed by atoms with Crippen LogP contribution in [0.5, 0.6) is 0 Å². The van der Waals surface area contributed by atoms with E-state index in [1.54, 1.807) is 0 Å². The molecule has 0 heterocycles. The Labute approximate surface area is 62.8 Å². The average molecular weight is 140 g/mol. The van der Waals surface area contributed by atoms with Crippen molar-refractivity contribution in [3.05, 3.63) is 12.7 Å². The summed E-state index contributed by atoms with van der Waals surface area (Å²) in [6, 6.07) is 0. The molecule has 1 nitrogen and oxygen atoms in total. The number of hydrogen-bond acceptors (Lipinski definition) is 1. The first-order valence-electron chi connectivity index (χ1n) is 4.13. The molecule has 1 aliphatic carbocycles. The third-order valence-electron chi connectivity index (χ3n) is 2.34. The predicted molar refractivity (Wildman–Crippen MR) is 42.8 cm³/mol. The Hall–Kier alpha value is -0.300. The van der Waals surface area contributed by atoms with E-state index < -0.39 is 0 Å². The molecule has 10 heavy (non-hydrogen) atoms. The average Bonchev–Trinajstić information content (AvgIpc) is 1.94. The summed E-state index contributed by atoms with van der Waals surface area (Å²) in [5, 5.41) is 9.45. The van der Waals surface area contributed by atoms with Crippen molar-refractivity contribution in [2.75, 3.05) is 0 Å². The SMILES string of the molecule is C=CC[C@@H]1CCCC[C@@H]1O. The highest BCUT2D eigenvalue weighted by atomic mass is 16.3. The van der Waals surface area contributed by atoms with Crippen LogP contribution in [0.4, 0.5) is 0 Å². The Balaban J connectivity index is 2.32. The van der Waals surface area contributed by atoms with E-state index in [2.05, 4.69) is 6.58 Å². The maximum absolute atomic E-state index is 9.45. The van der Waals surface area contributed by atoms with E-state index in [1.807, 2.05) is 6.08 Å². The lowest BCUT2D eigenvalue weighted by Gasteiger charge is -2.26. The van der Waals surface area contributed by atoms with E-state index in [9.17, 15) is 5.11 Å². The molecule has 0 aromatic rings. The van der Waals surface area contributed by atoms with Crippen molar-refractivity contribution in [1.29, 1.82) is 0 Å². The van der Waals surface area contributed by atoms with Gasteiger partial charge in [0.1, 0.15) is 0 Å². The number of rotatable bonds is 2. The lowest BCUT2D eigenvalue weighted by Crippen LogP contribution is -2.23. The molecule has 1 heteroatoms. The van der Waals surface area contributed by atoms with Gasteiger partial charge in [-0.25, -0.2) is 0 Å². The molecule has 2 atom stereocenters. The monoisotopic (exact) mass is 140 g/mol. The van der Waals surface area contributed by atoms with E-state index in [0.717, 1.165) is 12.8 Å². The van der Waals surface area contributed by atoms with Gasteiger partial charge in [-0.3, -0.25) is 0 Å². The molecule has 0 radical (unpaired) electrons. The topological polar surface area (TPSA) is 20.2 Å². The summed E-state index contributed by atoms with van der Waals surface area (Å²) >= 11 is 0. The van der Waals surface area contributed by atoms with Gasteiger partial charge in [0, 0.05) is 0 Å². The standard InChI is InChI=1S/C9H16O/c1-2-5-8-6-3-4-7-9(8)10/h2,8-10H,1,3-7H2/t8-,9+/m1/s1. The van der Waals surface area contributed by atoms with Crippen LogP contribution in [0.2, 0.25) is 0 Å². The molecule has 0 aromatic carbocycles. The van der Waals surface area contributed by atoms with Crippen molar-refractivity contribution < 1.29 is 5.11 Å². The fourth-order valence-corrected chi connectivity index (χ4v) is 1.68. The zero-order valence-corrected chi connectivity index (χ0v) is 6.42. The van der Waals surface area contributed by atoms with E-state index in [1.165, 1.54) is 19.3 Å². The van der Waals surface area contributed by atoms with Crippen molar-refractivity contribution >= 4 is 0 Å². The van der Waals surface area contributed by atoms with Gasteiger partial charge in [-0.1, -0.05) is 18.9 Å². The summed E-state index contributed by atoms with van der Waals surface area (Å²) < 4.78 is 0. The Morgan fingerprint density at radius 1 is 1.40 bits per heavy atom. The maximum Gasteiger partial charge on any atom is 0.0571 e. The van der Waals surface area contributed by atoms with E-state index in [0.29, 0.717) is 5.92 Å². The number of allylic oxidation sites excluding steroid dienone is 1. The molecule has 0 amide bonds. The second-order valence-electron chi connectivity index (χ2n) is 3.14. The van der Waals surface area contributed by atoms with Gasteiger partial charge in [0.15, 0.2) is 0 Å². The highest BCUT2D eigenvalue weighted by molar-refractivity contribution is 4.80. The van der Waals surface area contributed by atoms with Crippen LogP contribution in [0.15, 0.2) is 12.7 Å². The first-order chi connectivity index (χ1) is 4.84. The van der Waals surface area contributed by atoms with Crippen LogP contribution < -0.4 is 0 Å². The maximum atomic E-state index is 9.45. The molecule has 1 aliphatic rings. The molecule has 58 valence electrons. The zero-order valence-electron chi connectivity index (χ0n) is 6.42. The minimum absolute atomic E-state index is 0.0493. The van der Waals surface area contributed by atoms with Crippen molar-refractivity contribution in [2.45, 2.75) is 38.2 Å². The van der Waals surface area contributed by atoms with Gasteiger partial charge >= 0.3 is 0 Å². The Morgan fingerprint density at radius 2 is 2.10 bits per heavy atom. The quantitative estimate of drug-likeness (QED) is 0.582. The van der Waals surface area contributed by atoms with Crippen molar-refractivity contribution in [3.63, 3.8) is 0 Å².